The van der Waals surface area contributed by atoms with E-state index in [1.165, 1.54) is 22.4 Å². The van der Waals surface area contributed by atoms with Crippen LogP contribution in [0.2, 0.25) is 0 Å². The highest BCUT2D eigenvalue weighted by atomic mass is 16.5. The third-order valence-corrected chi connectivity index (χ3v) is 5.23. The van der Waals surface area contributed by atoms with Gasteiger partial charge in [0.25, 0.3) is 11.5 Å². The van der Waals surface area contributed by atoms with Gasteiger partial charge in [0.05, 0.1) is 13.3 Å². The Morgan fingerprint density at radius 1 is 1.12 bits per heavy atom. The number of pyridine rings is 1. The van der Waals surface area contributed by atoms with Crippen LogP contribution in [0.5, 0.6) is 11.5 Å². The first-order valence-electron chi connectivity index (χ1n) is 10.7. The summed E-state index contributed by atoms with van der Waals surface area (Å²) in [5.74, 6) is 0.600. The van der Waals surface area contributed by atoms with E-state index in [1.807, 2.05) is 26.8 Å². The van der Waals surface area contributed by atoms with Gasteiger partial charge in [-0.05, 0) is 74.7 Å². The zero-order valence-electron chi connectivity index (χ0n) is 19.6. The van der Waals surface area contributed by atoms with Crippen molar-refractivity contribution in [2.45, 2.75) is 40.3 Å². The number of carbonyl (C=O) groups excluding carboxylic acids is 1. The number of benzene rings is 2. The Labute approximate surface area is 193 Å². The molecule has 1 aromatic heterocycles. The SMILES string of the molecule is COc1cc(/C=N\NC(=O)c2cccn(C(C)C)c2=O)ccc1OCc1cc(C)ccc1C. The maximum atomic E-state index is 12.4. The number of carbonyl (C=O) groups is 1. The summed E-state index contributed by atoms with van der Waals surface area (Å²) in [5.41, 5.74) is 6.26. The third kappa shape index (κ3) is 5.88. The molecule has 0 radical (unpaired) electrons. The lowest BCUT2D eigenvalue weighted by Gasteiger charge is -2.13. The second-order valence-corrected chi connectivity index (χ2v) is 8.06. The van der Waals surface area contributed by atoms with Gasteiger partial charge in [-0.2, -0.15) is 5.10 Å². The van der Waals surface area contributed by atoms with E-state index in [1.54, 1.807) is 31.5 Å². The monoisotopic (exact) mass is 447 g/mol. The molecule has 0 atom stereocenters. The molecule has 2 aromatic carbocycles. The molecule has 172 valence electrons. The number of methoxy groups -OCH3 is 1. The summed E-state index contributed by atoms with van der Waals surface area (Å²) in [5, 5.41) is 3.98. The van der Waals surface area contributed by atoms with Gasteiger partial charge < -0.3 is 14.0 Å². The predicted molar refractivity (Wildman–Crippen MR) is 129 cm³/mol. The van der Waals surface area contributed by atoms with Gasteiger partial charge in [0.1, 0.15) is 12.2 Å². The van der Waals surface area contributed by atoms with E-state index in [4.69, 9.17) is 9.47 Å². The lowest BCUT2D eigenvalue weighted by atomic mass is 10.1. The molecule has 0 aliphatic rings. The lowest BCUT2D eigenvalue weighted by molar-refractivity contribution is 0.0953. The number of nitrogens with zero attached hydrogens (tertiary/aromatic N) is 2. The molecular weight excluding hydrogens is 418 g/mol. The molecule has 0 saturated heterocycles. The van der Waals surface area contributed by atoms with Crippen LogP contribution in [0.1, 0.15) is 52.5 Å². The smallest absolute Gasteiger partial charge is 0.276 e. The summed E-state index contributed by atoms with van der Waals surface area (Å²) in [6.45, 7) is 8.29. The number of aryl methyl sites for hydroxylation is 2. The first kappa shape index (κ1) is 23.8. The molecule has 0 saturated carbocycles. The first-order chi connectivity index (χ1) is 15.8. The number of rotatable bonds is 8. The maximum absolute atomic E-state index is 12.4. The Kier molecular flexibility index (Phi) is 7.66. The van der Waals surface area contributed by atoms with Crippen LogP contribution in [0.4, 0.5) is 0 Å². The Balaban J connectivity index is 1.68. The van der Waals surface area contributed by atoms with Crippen LogP contribution in [-0.4, -0.2) is 23.8 Å². The molecule has 0 fully saturated rings. The quantitative estimate of drug-likeness (QED) is 0.410. The molecule has 0 bridgehead atoms. The third-order valence-electron chi connectivity index (χ3n) is 5.23. The van der Waals surface area contributed by atoms with Gasteiger partial charge in [-0.1, -0.05) is 23.8 Å². The summed E-state index contributed by atoms with van der Waals surface area (Å²) in [7, 11) is 1.57. The zero-order valence-corrected chi connectivity index (χ0v) is 19.6. The highest BCUT2D eigenvalue weighted by Gasteiger charge is 2.13. The topological polar surface area (TPSA) is 81.9 Å². The average Bonchev–Trinajstić information content (AvgIpc) is 2.79. The summed E-state index contributed by atoms with van der Waals surface area (Å²) in [4.78, 5) is 24.8. The van der Waals surface area contributed by atoms with Gasteiger partial charge in [-0.3, -0.25) is 9.59 Å². The van der Waals surface area contributed by atoms with Gasteiger partial charge >= 0.3 is 0 Å². The fourth-order valence-corrected chi connectivity index (χ4v) is 3.31. The Hall–Kier alpha value is -3.87. The number of hydrazone groups is 1. The standard InChI is InChI=1S/C26H29N3O4/c1-17(2)29-12-6-7-22(26(29)31)25(30)28-27-15-20-10-11-23(24(14-20)32-5)33-16-21-13-18(3)8-9-19(21)4/h6-15,17H,16H2,1-5H3,(H,28,30)/b27-15-. The Bertz CT molecular complexity index is 1230. The molecule has 0 unspecified atom stereocenters. The molecule has 7 heteroatoms. The second-order valence-electron chi connectivity index (χ2n) is 8.06. The Morgan fingerprint density at radius 3 is 2.64 bits per heavy atom. The summed E-state index contributed by atoms with van der Waals surface area (Å²) in [6, 6.07) is 14.7. The molecule has 0 spiro atoms. The fraction of sp³-hybridized carbons (Fsp3) is 0.269. The van der Waals surface area contributed by atoms with Gasteiger partial charge in [0.2, 0.25) is 0 Å². The van der Waals surface area contributed by atoms with Crippen LogP contribution in [0.25, 0.3) is 0 Å². The van der Waals surface area contributed by atoms with Crippen molar-refractivity contribution in [1.29, 1.82) is 0 Å². The van der Waals surface area contributed by atoms with Crippen molar-refractivity contribution in [2.75, 3.05) is 7.11 Å². The van der Waals surface area contributed by atoms with Crippen molar-refractivity contribution in [3.8, 4) is 11.5 Å². The van der Waals surface area contributed by atoms with Crippen molar-refractivity contribution in [3.63, 3.8) is 0 Å². The van der Waals surface area contributed by atoms with Crippen LogP contribution < -0.4 is 20.5 Å². The number of ether oxygens (including phenoxy) is 2. The molecule has 7 nitrogen and oxygen atoms in total. The zero-order chi connectivity index (χ0) is 24.0. The van der Waals surface area contributed by atoms with E-state index < -0.39 is 5.91 Å². The molecular formula is C26H29N3O4. The predicted octanol–water partition coefficient (Wildman–Crippen LogP) is 4.40. The van der Waals surface area contributed by atoms with Gasteiger partial charge in [-0.15, -0.1) is 0 Å². The van der Waals surface area contributed by atoms with E-state index in [2.05, 4.69) is 35.7 Å². The van der Waals surface area contributed by atoms with E-state index in [9.17, 15) is 9.59 Å². The minimum atomic E-state index is -0.563. The molecule has 1 heterocycles. The van der Waals surface area contributed by atoms with Crippen LogP contribution >= 0.6 is 0 Å². The van der Waals surface area contributed by atoms with Gasteiger partial charge in [0, 0.05) is 12.2 Å². The minimum absolute atomic E-state index is 0.0381. The highest BCUT2D eigenvalue weighted by molar-refractivity contribution is 5.94. The summed E-state index contributed by atoms with van der Waals surface area (Å²) in [6.07, 6.45) is 3.14. The molecule has 0 aliphatic heterocycles. The molecule has 1 amide bonds. The van der Waals surface area contributed by atoms with Crippen LogP contribution in [0.3, 0.4) is 0 Å². The van der Waals surface area contributed by atoms with E-state index in [-0.39, 0.29) is 17.2 Å². The molecule has 3 rings (SSSR count). The largest absolute Gasteiger partial charge is 0.493 e. The van der Waals surface area contributed by atoms with Crippen LogP contribution in [0, 0.1) is 13.8 Å². The molecule has 3 aromatic rings. The average molecular weight is 448 g/mol. The van der Waals surface area contributed by atoms with Crippen molar-refractivity contribution >= 4 is 12.1 Å². The minimum Gasteiger partial charge on any atom is -0.493 e. The van der Waals surface area contributed by atoms with Crippen molar-refractivity contribution in [2.24, 2.45) is 5.10 Å². The van der Waals surface area contributed by atoms with Crippen molar-refractivity contribution in [3.05, 3.63) is 92.9 Å². The Morgan fingerprint density at radius 2 is 1.91 bits per heavy atom. The van der Waals surface area contributed by atoms with Crippen LogP contribution in [0.15, 0.2) is 64.6 Å². The summed E-state index contributed by atoms with van der Waals surface area (Å²) < 4.78 is 12.9. The number of amides is 1. The number of hydrogen-bond acceptors (Lipinski definition) is 5. The fourth-order valence-electron chi connectivity index (χ4n) is 3.31. The van der Waals surface area contributed by atoms with E-state index in [0.717, 1.165) is 11.1 Å². The van der Waals surface area contributed by atoms with E-state index in [0.29, 0.717) is 23.7 Å². The van der Waals surface area contributed by atoms with Crippen LogP contribution in [-0.2, 0) is 6.61 Å². The van der Waals surface area contributed by atoms with Crippen molar-refractivity contribution < 1.29 is 14.3 Å². The number of aromatic nitrogens is 1. The molecule has 1 N–H and O–H groups in total. The second kappa shape index (κ2) is 10.6. The summed E-state index contributed by atoms with van der Waals surface area (Å²) >= 11 is 0. The highest BCUT2D eigenvalue weighted by Crippen LogP contribution is 2.28. The van der Waals surface area contributed by atoms with Gasteiger partial charge in [0.15, 0.2) is 11.5 Å². The number of nitrogens with one attached hydrogen (secondary N) is 1. The first-order valence-corrected chi connectivity index (χ1v) is 10.7. The normalized spacial score (nSPS) is 11.1. The number of hydrogen-bond donors (Lipinski definition) is 1. The lowest BCUT2D eigenvalue weighted by Crippen LogP contribution is -2.31. The van der Waals surface area contributed by atoms with Crippen molar-refractivity contribution in [1.82, 2.24) is 9.99 Å². The maximum Gasteiger partial charge on any atom is 0.276 e. The van der Waals surface area contributed by atoms with Gasteiger partial charge in [-0.25, -0.2) is 5.43 Å². The molecule has 0 aliphatic carbocycles. The molecule has 33 heavy (non-hydrogen) atoms. The van der Waals surface area contributed by atoms with E-state index >= 15 is 0 Å².